The van der Waals surface area contributed by atoms with Crippen molar-refractivity contribution in [3.63, 3.8) is 0 Å². The topological polar surface area (TPSA) is 86.8 Å². The van der Waals surface area contributed by atoms with Crippen molar-refractivity contribution in [2.24, 2.45) is 0 Å². The molecule has 0 spiro atoms. The monoisotopic (exact) mass is 507 g/mol. The van der Waals surface area contributed by atoms with Gasteiger partial charge in [0.1, 0.15) is 12.6 Å². The second-order valence-electron chi connectivity index (χ2n) is 8.63. The molecule has 7 nitrogen and oxygen atoms in total. The number of sulfonamides is 1. The van der Waals surface area contributed by atoms with E-state index in [1.165, 1.54) is 4.90 Å². The third kappa shape index (κ3) is 7.21. The first-order chi connectivity index (χ1) is 15.8. The van der Waals surface area contributed by atoms with E-state index in [1.807, 2.05) is 33.8 Å². The Kier molecular flexibility index (Phi) is 9.53. The number of carbonyl (C=O) groups excluding carboxylic acids is 2. The largest absolute Gasteiger partial charge is 0.352 e. The normalized spacial score (nSPS) is 13.1. The minimum atomic E-state index is -3.77. The molecule has 2 aromatic rings. The van der Waals surface area contributed by atoms with Gasteiger partial charge < -0.3 is 10.2 Å². The van der Waals surface area contributed by atoms with Gasteiger partial charge in [-0.05, 0) is 69.0 Å². The Labute approximate surface area is 208 Å². The molecule has 0 radical (unpaired) electrons. The van der Waals surface area contributed by atoms with Crippen LogP contribution in [0.2, 0.25) is 5.02 Å². The molecule has 1 N–H and O–H groups in total. The second kappa shape index (κ2) is 11.7. The van der Waals surface area contributed by atoms with E-state index in [1.54, 1.807) is 43.3 Å². The summed E-state index contributed by atoms with van der Waals surface area (Å²) in [6, 6.07) is 11.4. The van der Waals surface area contributed by atoms with Crippen molar-refractivity contribution in [1.82, 2.24) is 10.2 Å². The van der Waals surface area contributed by atoms with Crippen LogP contribution in [0.1, 0.15) is 43.9 Å². The van der Waals surface area contributed by atoms with Crippen molar-refractivity contribution in [1.29, 1.82) is 0 Å². The van der Waals surface area contributed by atoms with Gasteiger partial charge in [-0.2, -0.15) is 0 Å². The summed E-state index contributed by atoms with van der Waals surface area (Å²) in [4.78, 5) is 27.9. The third-order valence-corrected chi connectivity index (χ3v) is 7.34. The van der Waals surface area contributed by atoms with E-state index < -0.39 is 28.5 Å². The van der Waals surface area contributed by atoms with Gasteiger partial charge in [-0.15, -0.1) is 0 Å². The predicted molar refractivity (Wildman–Crippen MR) is 137 cm³/mol. The van der Waals surface area contributed by atoms with Gasteiger partial charge in [0.25, 0.3) is 0 Å². The first-order valence-corrected chi connectivity index (χ1v) is 13.5. The predicted octanol–water partition coefficient (Wildman–Crippen LogP) is 4.05. The van der Waals surface area contributed by atoms with Gasteiger partial charge in [0.15, 0.2) is 0 Å². The highest BCUT2D eigenvalue weighted by atomic mass is 35.5. The minimum absolute atomic E-state index is 0.0510. The summed E-state index contributed by atoms with van der Waals surface area (Å²) in [5.41, 5.74) is 2.91. The standard InChI is InChI=1S/C25H34ClN3O4S/c1-7-18(3)27-25(31)20(5)28(15-21-11-13-22(26)14-12-21)24(30)16-29(34(6,32)33)23-10-8-9-17(2)19(23)4/h8-14,18,20H,7,15-16H2,1-6H3,(H,27,31)/t18-,20-/m0/s1. The van der Waals surface area contributed by atoms with E-state index in [2.05, 4.69) is 5.32 Å². The number of benzene rings is 2. The van der Waals surface area contributed by atoms with E-state index in [-0.39, 0.29) is 18.5 Å². The highest BCUT2D eigenvalue weighted by molar-refractivity contribution is 7.92. The van der Waals surface area contributed by atoms with Gasteiger partial charge in [0, 0.05) is 17.6 Å². The van der Waals surface area contributed by atoms with Crippen LogP contribution in [-0.4, -0.2) is 50.0 Å². The van der Waals surface area contributed by atoms with Crippen LogP contribution < -0.4 is 9.62 Å². The van der Waals surface area contributed by atoms with Crippen molar-refractivity contribution in [3.05, 3.63) is 64.2 Å². The summed E-state index contributed by atoms with van der Waals surface area (Å²) in [6.45, 7) is 8.92. The lowest BCUT2D eigenvalue weighted by atomic mass is 10.1. The summed E-state index contributed by atoms with van der Waals surface area (Å²) in [5.74, 6) is -0.776. The molecule has 2 amide bonds. The maximum absolute atomic E-state index is 13.6. The van der Waals surface area contributed by atoms with Gasteiger partial charge in [-0.3, -0.25) is 13.9 Å². The van der Waals surface area contributed by atoms with Crippen LogP contribution in [0.4, 0.5) is 5.69 Å². The van der Waals surface area contributed by atoms with E-state index >= 15 is 0 Å². The molecule has 0 aromatic heterocycles. The molecule has 34 heavy (non-hydrogen) atoms. The molecule has 0 saturated carbocycles. The van der Waals surface area contributed by atoms with Crippen LogP contribution in [0, 0.1) is 13.8 Å². The number of nitrogens with one attached hydrogen (secondary N) is 1. The molecule has 0 aliphatic heterocycles. The molecule has 186 valence electrons. The quantitative estimate of drug-likeness (QED) is 0.525. The number of nitrogens with zero attached hydrogens (tertiary/aromatic N) is 2. The SMILES string of the molecule is CC[C@H](C)NC(=O)[C@H](C)N(Cc1ccc(Cl)cc1)C(=O)CN(c1cccc(C)c1C)S(C)(=O)=O. The van der Waals surface area contributed by atoms with Crippen molar-refractivity contribution in [2.45, 2.75) is 59.7 Å². The zero-order valence-corrected chi connectivity index (χ0v) is 22.2. The zero-order valence-electron chi connectivity index (χ0n) is 20.6. The maximum atomic E-state index is 13.6. The lowest BCUT2D eigenvalue weighted by Crippen LogP contribution is -2.52. The van der Waals surface area contributed by atoms with E-state index in [0.29, 0.717) is 10.7 Å². The van der Waals surface area contributed by atoms with E-state index in [9.17, 15) is 18.0 Å². The summed E-state index contributed by atoms with van der Waals surface area (Å²) in [6.07, 6.45) is 1.82. The van der Waals surface area contributed by atoms with Gasteiger partial charge in [0.2, 0.25) is 21.8 Å². The average molecular weight is 508 g/mol. The molecule has 0 aliphatic rings. The first kappa shape index (κ1) is 27.7. The van der Waals surface area contributed by atoms with Crippen molar-refractivity contribution in [3.8, 4) is 0 Å². The Morgan fingerprint density at radius 2 is 1.68 bits per heavy atom. The molecule has 0 bridgehead atoms. The molecule has 2 atom stereocenters. The molecule has 0 heterocycles. The molecule has 9 heteroatoms. The lowest BCUT2D eigenvalue weighted by molar-refractivity contribution is -0.139. The van der Waals surface area contributed by atoms with E-state index in [4.69, 9.17) is 11.6 Å². The zero-order chi connectivity index (χ0) is 25.6. The second-order valence-corrected chi connectivity index (χ2v) is 11.0. The first-order valence-electron chi connectivity index (χ1n) is 11.2. The number of amides is 2. The maximum Gasteiger partial charge on any atom is 0.244 e. The van der Waals surface area contributed by atoms with Crippen LogP contribution in [0.3, 0.4) is 0 Å². The van der Waals surface area contributed by atoms with Crippen LogP contribution in [-0.2, 0) is 26.2 Å². The molecule has 2 rings (SSSR count). The minimum Gasteiger partial charge on any atom is -0.352 e. The van der Waals surface area contributed by atoms with E-state index in [0.717, 1.165) is 33.7 Å². The highest BCUT2D eigenvalue weighted by Gasteiger charge is 2.31. The molecular weight excluding hydrogens is 474 g/mol. The van der Waals surface area contributed by atoms with Gasteiger partial charge in [0.05, 0.1) is 11.9 Å². The Hall–Kier alpha value is -2.58. The number of hydrogen-bond donors (Lipinski definition) is 1. The number of aryl methyl sites for hydroxylation is 1. The average Bonchev–Trinajstić information content (AvgIpc) is 2.77. The summed E-state index contributed by atoms with van der Waals surface area (Å²) < 4.78 is 26.5. The summed E-state index contributed by atoms with van der Waals surface area (Å²) in [5, 5.41) is 3.46. The van der Waals surface area contributed by atoms with Crippen molar-refractivity contribution >= 4 is 39.1 Å². The Morgan fingerprint density at radius 1 is 1.06 bits per heavy atom. The number of anilines is 1. The van der Waals surface area contributed by atoms with Crippen LogP contribution in [0.15, 0.2) is 42.5 Å². The van der Waals surface area contributed by atoms with Gasteiger partial charge >= 0.3 is 0 Å². The Bertz CT molecular complexity index is 1120. The fourth-order valence-electron chi connectivity index (χ4n) is 3.44. The van der Waals surface area contributed by atoms with Crippen LogP contribution >= 0.6 is 11.6 Å². The Morgan fingerprint density at radius 3 is 2.24 bits per heavy atom. The fourth-order valence-corrected chi connectivity index (χ4v) is 4.46. The van der Waals surface area contributed by atoms with Crippen molar-refractivity contribution < 1.29 is 18.0 Å². The molecule has 0 fully saturated rings. The lowest BCUT2D eigenvalue weighted by Gasteiger charge is -2.32. The van der Waals surface area contributed by atoms with Gasteiger partial charge in [-0.25, -0.2) is 8.42 Å². The molecule has 2 aromatic carbocycles. The Balaban J connectivity index is 2.42. The summed E-state index contributed by atoms with van der Waals surface area (Å²) >= 11 is 5.99. The summed E-state index contributed by atoms with van der Waals surface area (Å²) in [7, 11) is -3.77. The number of hydrogen-bond acceptors (Lipinski definition) is 4. The molecule has 0 aliphatic carbocycles. The number of halogens is 1. The number of rotatable bonds is 10. The molecular formula is C25H34ClN3O4S. The molecule has 0 saturated heterocycles. The smallest absolute Gasteiger partial charge is 0.244 e. The van der Waals surface area contributed by atoms with Gasteiger partial charge in [-0.1, -0.05) is 42.8 Å². The highest BCUT2D eigenvalue weighted by Crippen LogP contribution is 2.25. The third-order valence-electron chi connectivity index (χ3n) is 5.96. The fraction of sp³-hybridized carbons (Fsp3) is 0.440. The van der Waals surface area contributed by atoms with Crippen LogP contribution in [0.25, 0.3) is 0 Å². The molecule has 0 unspecified atom stereocenters. The van der Waals surface area contributed by atoms with Crippen molar-refractivity contribution in [2.75, 3.05) is 17.1 Å². The number of carbonyl (C=O) groups is 2. The van der Waals surface area contributed by atoms with Crippen LogP contribution in [0.5, 0.6) is 0 Å².